The molecule has 30 heavy (non-hydrogen) atoms. The van der Waals surface area contributed by atoms with Crippen molar-refractivity contribution >= 4 is 44.4 Å². The molecule has 1 aromatic heterocycles. The second kappa shape index (κ2) is 9.76. The highest BCUT2D eigenvalue weighted by Crippen LogP contribution is 2.31. The fourth-order valence-corrected chi connectivity index (χ4v) is 5.20. The zero-order chi connectivity index (χ0) is 20.9. The molecule has 0 N–H and O–H groups in total. The maximum absolute atomic E-state index is 13.6. The summed E-state index contributed by atoms with van der Waals surface area (Å²) in [5, 5.41) is 0.602. The van der Waals surface area contributed by atoms with E-state index in [9.17, 15) is 9.18 Å². The first-order chi connectivity index (χ1) is 14.6. The second-order valence-electron chi connectivity index (χ2n) is 7.02. The highest BCUT2D eigenvalue weighted by Gasteiger charge is 2.26. The third-order valence-electron chi connectivity index (χ3n) is 4.93. The number of aromatic nitrogens is 1. The van der Waals surface area contributed by atoms with Crippen molar-refractivity contribution in [3.63, 3.8) is 0 Å². The molecule has 1 atom stereocenters. The smallest absolute Gasteiger partial charge is 0.229 e. The zero-order valence-electron chi connectivity index (χ0n) is 16.7. The van der Waals surface area contributed by atoms with Gasteiger partial charge in [0.1, 0.15) is 11.6 Å². The van der Waals surface area contributed by atoms with Crippen LogP contribution in [0, 0.1) is 5.82 Å². The van der Waals surface area contributed by atoms with Crippen molar-refractivity contribution in [1.82, 2.24) is 4.98 Å². The fourth-order valence-electron chi connectivity index (χ4n) is 3.34. The number of halogens is 1. The molecule has 1 unspecified atom stereocenters. The van der Waals surface area contributed by atoms with E-state index in [0.29, 0.717) is 29.4 Å². The Labute approximate surface area is 183 Å². The van der Waals surface area contributed by atoms with E-state index in [1.54, 1.807) is 29.8 Å². The Morgan fingerprint density at radius 2 is 2.17 bits per heavy atom. The van der Waals surface area contributed by atoms with Gasteiger partial charge >= 0.3 is 0 Å². The van der Waals surface area contributed by atoms with Crippen LogP contribution in [0.3, 0.4) is 0 Å². The third kappa shape index (κ3) is 5.11. The number of hydrogen-bond acceptors (Lipinski definition) is 6. The Bertz CT molecular complexity index is 1000. The van der Waals surface area contributed by atoms with E-state index < -0.39 is 0 Å². The van der Waals surface area contributed by atoms with E-state index in [4.69, 9.17) is 9.47 Å². The topological polar surface area (TPSA) is 51.7 Å². The minimum Gasteiger partial charge on any atom is -0.497 e. The van der Waals surface area contributed by atoms with Crippen LogP contribution in [-0.4, -0.2) is 43.0 Å². The first kappa shape index (κ1) is 21.1. The van der Waals surface area contributed by atoms with Crippen LogP contribution in [-0.2, 0) is 9.53 Å². The van der Waals surface area contributed by atoms with Crippen LogP contribution in [0.1, 0.15) is 19.3 Å². The minimum atomic E-state index is -0.300. The summed E-state index contributed by atoms with van der Waals surface area (Å²) in [5.74, 6) is 1.18. The number of amides is 1. The van der Waals surface area contributed by atoms with Gasteiger partial charge in [-0.2, -0.15) is 0 Å². The first-order valence-corrected chi connectivity index (χ1v) is 11.7. The van der Waals surface area contributed by atoms with Crippen molar-refractivity contribution in [2.75, 3.05) is 30.9 Å². The summed E-state index contributed by atoms with van der Waals surface area (Å²) in [6.07, 6.45) is 2.34. The van der Waals surface area contributed by atoms with Gasteiger partial charge in [0.15, 0.2) is 5.13 Å². The van der Waals surface area contributed by atoms with Crippen LogP contribution < -0.4 is 9.64 Å². The minimum absolute atomic E-state index is 0.00559. The summed E-state index contributed by atoms with van der Waals surface area (Å²) in [6.45, 7) is 1.21. The molecule has 0 spiro atoms. The van der Waals surface area contributed by atoms with Gasteiger partial charge in [-0.1, -0.05) is 11.3 Å². The molecule has 1 fully saturated rings. The number of hydrogen-bond donors (Lipinski definition) is 0. The molecule has 8 heteroatoms. The standard InChI is InChI=1S/C22H23FN2O3S2/c1-27-16-5-7-18(8-6-16)29-12-10-21(26)25(14-17-3-2-11-28-17)22-24-19-9-4-15(23)13-20(19)30-22/h4-9,13,17H,2-3,10-12,14H2,1H3. The molecule has 158 valence electrons. The number of rotatable bonds is 8. The summed E-state index contributed by atoms with van der Waals surface area (Å²) in [4.78, 5) is 20.5. The number of fused-ring (bicyclic) bond motifs is 1. The Morgan fingerprint density at radius 1 is 1.33 bits per heavy atom. The summed E-state index contributed by atoms with van der Waals surface area (Å²) < 4.78 is 25.2. The van der Waals surface area contributed by atoms with Crippen molar-refractivity contribution in [3.8, 4) is 5.75 Å². The maximum Gasteiger partial charge on any atom is 0.229 e. The average Bonchev–Trinajstić information content (AvgIpc) is 3.41. The van der Waals surface area contributed by atoms with Crippen LogP contribution in [0.15, 0.2) is 47.4 Å². The molecule has 0 aliphatic carbocycles. The largest absolute Gasteiger partial charge is 0.497 e. The molecule has 5 nitrogen and oxygen atoms in total. The van der Waals surface area contributed by atoms with E-state index in [1.165, 1.54) is 23.5 Å². The molecule has 1 aliphatic heterocycles. The van der Waals surface area contributed by atoms with Gasteiger partial charge in [0, 0.05) is 23.7 Å². The molecular weight excluding hydrogens is 423 g/mol. The lowest BCUT2D eigenvalue weighted by Crippen LogP contribution is -2.37. The van der Waals surface area contributed by atoms with E-state index >= 15 is 0 Å². The number of methoxy groups -OCH3 is 1. The van der Waals surface area contributed by atoms with E-state index in [2.05, 4.69) is 4.98 Å². The van der Waals surface area contributed by atoms with E-state index in [0.717, 1.165) is 34.8 Å². The molecule has 1 aliphatic rings. The summed E-state index contributed by atoms with van der Waals surface area (Å²) >= 11 is 2.97. The van der Waals surface area contributed by atoms with Crippen LogP contribution in [0.2, 0.25) is 0 Å². The molecule has 3 aromatic rings. The lowest BCUT2D eigenvalue weighted by molar-refractivity contribution is -0.118. The first-order valence-electron chi connectivity index (χ1n) is 9.87. The Morgan fingerprint density at radius 3 is 2.90 bits per heavy atom. The van der Waals surface area contributed by atoms with Gasteiger partial charge in [0.25, 0.3) is 0 Å². The quantitative estimate of drug-likeness (QED) is 0.449. The number of carbonyl (C=O) groups excluding carboxylic acids is 1. The molecule has 0 bridgehead atoms. The number of nitrogens with zero attached hydrogens (tertiary/aromatic N) is 2. The van der Waals surface area contributed by atoms with Crippen molar-refractivity contribution in [2.45, 2.75) is 30.3 Å². The van der Waals surface area contributed by atoms with Gasteiger partial charge in [0.2, 0.25) is 5.91 Å². The van der Waals surface area contributed by atoms with Gasteiger partial charge in [0.05, 0.1) is 30.0 Å². The molecule has 4 rings (SSSR count). The predicted molar refractivity (Wildman–Crippen MR) is 119 cm³/mol. The predicted octanol–water partition coefficient (Wildman–Crippen LogP) is 5.14. The lowest BCUT2D eigenvalue weighted by atomic mass is 10.2. The van der Waals surface area contributed by atoms with Crippen molar-refractivity contribution in [1.29, 1.82) is 0 Å². The van der Waals surface area contributed by atoms with Gasteiger partial charge in [-0.3, -0.25) is 9.69 Å². The Kier molecular flexibility index (Phi) is 6.86. The summed E-state index contributed by atoms with van der Waals surface area (Å²) in [5.41, 5.74) is 0.703. The monoisotopic (exact) mass is 446 g/mol. The third-order valence-corrected chi connectivity index (χ3v) is 6.98. The number of benzene rings is 2. The number of thioether (sulfide) groups is 1. The van der Waals surface area contributed by atoms with Gasteiger partial charge in [-0.05, 0) is 55.3 Å². The Balaban J connectivity index is 1.45. The number of thiazole rings is 1. The SMILES string of the molecule is COc1ccc(SCCC(=O)N(CC2CCCO2)c2nc3ccc(F)cc3s2)cc1. The highest BCUT2D eigenvalue weighted by atomic mass is 32.2. The van der Waals surface area contributed by atoms with Crippen molar-refractivity contribution in [2.24, 2.45) is 0 Å². The van der Waals surface area contributed by atoms with Crippen LogP contribution in [0.4, 0.5) is 9.52 Å². The second-order valence-corrected chi connectivity index (χ2v) is 9.20. The van der Waals surface area contributed by atoms with Crippen LogP contribution in [0.25, 0.3) is 10.2 Å². The molecule has 1 saturated heterocycles. The molecule has 0 saturated carbocycles. The van der Waals surface area contributed by atoms with E-state index in [-0.39, 0.29) is 17.8 Å². The van der Waals surface area contributed by atoms with Crippen molar-refractivity contribution in [3.05, 3.63) is 48.3 Å². The van der Waals surface area contributed by atoms with Crippen molar-refractivity contribution < 1.29 is 18.7 Å². The summed E-state index contributed by atoms with van der Waals surface area (Å²) in [6, 6.07) is 12.3. The van der Waals surface area contributed by atoms with E-state index in [1.807, 2.05) is 24.3 Å². The molecule has 0 radical (unpaired) electrons. The van der Waals surface area contributed by atoms with Crippen LogP contribution in [0.5, 0.6) is 5.75 Å². The van der Waals surface area contributed by atoms with Gasteiger partial charge in [-0.15, -0.1) is 11.8 Å². The zero-order valence-corrected chi connectivity index (χ0v) is 18.3. The normalized spacial score (nSPS) is 16.1. The van der Waals surface area contributed by atoms with Gasteiger partial charge in [-0.25, -0.2) is 9.37 Å². The number of ether oxygens (including phenoxy) is 2. The van der Waals surface area contributed by atoms with Crippen LogP contribution >= 0.6 is 23.1 Å². The molecule has 1 amide bonds. The van der Waals surface area contributed by atoms with Gasteiger partial charge < -0.3 is 9.47 Å². The summed E-state index contributed by atoms with van der Waals surface area (Å²) in [7, 11) is 1.64. The maximum atomic E-state index is 13.6. The highest BCUT2D eigenvalue weighted by molar-refractivity contribution is 7.99. The number of anilines is 1. The fraction of sp³-hybridized carbons (Fsp3) is 0.364. The molecule has 2 aromatic carbocycles. The number of carbonyl (C=O) groups is 1. The average molecular weight is 447 g/mol. The molecule has 2 heterocycles. The lowest BCUT2D eigenvalue weighted by Gasteiger charge is -2.23. The Hall–Kier alpha value is -2.16. The molecular formula is C22H23FN2O3S2.